The number of benzene rings is 2. The number of carbonyl (C=O) groups excluding carboxylic acids is 1. The summed E-state index contributed by atoms with van der Waals surface area (Å²) in [6.07, 6.45) is 0. The fraction of sp³-hybridized carbons (Fsp3) is 0.188. The molecule has 0 aromatic heterocycles. The van der Waals surface area contributed by atoms with Gasteiger partial charge in [-0.2, -0.15) is 0 Å². The Bertz CT molecular complexity index is 856. The summed E-state index contributed by atoms with van der Waals surface area (Å²) >= 11 is 5.97. The molecular formula is C16H16ClFN2O3S. The second kappa shape index (κ2) is 7.74. The van der Waals surface area contributed by atoms with Gasteiger partial charge in [0, 0.05) is 11.6 Å². The molecule has 8 heteroatoms. The van der Waals surface area contributed by atoms with Crippen LogP contribution in [0.25, 0.3) is 0 Å². The van der Waals surface area contributed by atoms with Gasteiger partial charge in [-0.3, -0.25) is 4.79 Å². The number of hydrogen-bond acceptors (Lipinski definition) is 3. The normalized spacial score (nSPS) is 11.3. The maximum Gasteiger partial charge on any atom is 0.241 e. The van der Waals surface area contributed by atoms with Gasteiger partial charge in [-0.25, -0.2) is 17.5 Å². The highest BCUT2D eigenvalue weighted by molar-refractivity contribution is 7.89. The number of halogens is 2. The Balaban J connectivity index is 1.94. The van der Waals surface area contributed by atoms with Crippen molar-refractivity contribution < 1.29 is 17.6 Å². The van der Waals surface area contributed by atoms with E-state index in [0.717, 1.165) is 23.8 Å². The quantitative estimate of drug-likeness (QED) is 0.819. The first-order valence-corrected chi connectivity index (χ1v) is 8.91. The van der Waals surface area contributed by atoms with Crippen LogP contribution in [0, 0.1) is 12.7 Å². The zero-order chi connectivity index (χ0) is 17.7. The van der Waals surface area contributed by atoms with Gasteiger partial charge in [-0.1, -0.05) is 29.8 Å². The molecule has 0 aliphatic rings. The Hall–Kier alpha value is -1.96. The largest absolute Gasteiger partial charge is 0.351 e. The van der Waals surface area contributed by atoms with E-state index in [4.69, 9.17) is 11.6 Å². The highest BCUT2D eigenvalue weighted by Crippen LogP contribution is 2.16. The Morgan fingerprint density at radius 3 is 2.58 bits per heavy atom. The van der Waals surface area contributed by atoms with Crippen molar-refractivity contribution in [1.82, 2.24) is 10.0 Å². The zero-order valence-corrected chi connectivity index (χ0v) is 14.4. The summed E-state index contributed by atoms with van der Waals surface area (Å²) in [5.74, 6) is -1.03. The predicted octanol–water partition coefficient (Wildman–Crippen LogP) is 2.38. The number of aryl methyl sites for hydroxylation is 1. The standard InChI is InChI=1S/C16H16ClFN2O3S/c1-11-8-13(18)6-7-15(11)24(22,23)20-10-16(21)19-9-12-4-2-3-5-14(12)17/h2-8,20H,9-10H2,1H3,(H,19,21). The molecule has 5 nitrogen and oxygen atoms in total. The third-order valence-electron chi connectivity index (χ3n) is 3.28. The Morgan fingerprint density at radius 2 is 1.92 bits per heavy atom. The van der Waals surface area contributed by atoms with Crippen molar-refractivity contribution in [2.45, 2.75) is 18.4 Å². The van der Waals surface area contributed by atoms with Gasteiger partial charge in [0.1, 0.15) is 5.82 Å². The third-order valence-corrected chi connectivity index (χ3v) is 5.21. The molecule has 2 aromatic carbocycles. The molecule has 0 aliphatic carbocycles. The summed E-state index contributed by atoms with van der Waals surface area (Å²) in [7, 11) is -3.90. The SMILES string of the molecule is Cc1cc(F)ccc1S(=O)(=O)NCC(=O)NCc1ccccc1Cl. The summed E-state index contributed by atoms with van der Waals surface area (Å²) in [6, 6.07) is 10.3. The van der Waals surface area contributed by atoms with Crippen LogP contribution in [0.15, 0.2) is 47.4 Å². The minimum absolute atomic E-state index is 0.0668. The lowest BCUT2D eigenvalue weighted by atomic mass is 10.2. The smallest absolute Gasteiger partial charge is 0.241 e. The van der Waals surface area contributed by atoms with E-state index in [1.54, 1.807) is 24.3 Å². The Morgan fingerprint density at radius 1 is 1.21 bits per heavy atom. The van der Waals surface area contributed by atoms with E-state index in [-0.39, 0.29) is 17.0 Å². The van der Waals surface area contributed by atoms with Crippen molar-refractivity contribution in [2.24, 2.45) is 0 Å². The summed E-state index contributed by atoms with van der Waals surface area (Å²) in [6.45, 7) is 1.24. The lowest BCUT2D eigenvalue weighted by molar-refractivity contribution is -0.120. The van der Waals surface area contributed by atoms with E-state index >= 15 is 0 Å². The average Bonchev–Trinajstić information content (AvgIpc) is 2.52. The molecule has 0 spiro atoms. The molecule has 0 unspecified atom stereocenters. The number of sulfonamides is 1. The van der Waals surface area contributed by atoms with Gasteiger partial charge in [0.05, 0.1) is 11.4 Å². The highest BCUT2D eigenvalue weighted by atomic mass is 35.5. The highest BCUT2D eigenvalue weighted by Gasteiger charge is 2.18. The number of amides is 1. The van der Waals surface area contributed by atoms with Gasteiger partial charge in [-0.15, -0.1) is 0 Å². The van der Waals surface area contributed by atoms with Crippen molar-refractivity contribution in [3.05, 3.63) is 64.4 Å². The van der Waals surface area contributed by atoms with Crippen molar-refractivity contribution in [3.63, 3.8) is 0 Å². The van der Waals surface area contributed by atoms with Gasteiger partial charge in [0.25, 0.3) is 0 Å². The predicted molar refractivity (Wildman–Crippen MR) is 89.6 cm³/mol. The summed E-state index contributed by atoms with van der Waals surface area (Å²) in [5.41, 5.74) is 0.990. The fourth-order valence-corrected chi connectivity index (χ4v) is 3.46. The molecule has 0 radical (unpaired) electrons. The summed E-state index contributed by atoms with van der Waals surface area (Å²) < 4.78 is 39.6. The van der Waals surface area contributed by atoms with Crippen molar-refractivity contribution in [1.29, 1.82) is 0 Å². The van der Waals surface area contributed by atoms with Gasteiger partial charge in [0.15, 0.2) is 0 Å². The van der Waals surface area contributed by atoms with Crippen LogP contribution >= 0.6 is 11.6 Å². The van der Waals surface area contributed by atoms with Gasteiger partial charge in [0.2, 0.25) is 15.9 Å². The number of rotatable bonds is 6. The summed E-state index contributed by atoms with van der Waals surface area (Å²) in [5, 5.41) is 3.09. The molecule has 0 bridgehead atoms. The number of nitrogens with one attached hydrogen (secondary N) is 2. The lowest BCUT2D eigenvalue weighted by Gasteiger charge is -2.10. The van der Waals surface area contributed by atoms with Gasteiger partial charge in [-0.05, 0) is 42.3 Å². The fourth-order valence-electron chi connectivity index (χ4n) is 2.05. The minimum Gasteiger partial charge on any atom is -0.351 e. The van der Waals surface area contributed by atoms with Crippen molar-refractivity contribution in [3.8, 4) is 0 Å². The number of hydrogen-bond donors (Lipinski definition) is 2. The number of carbonyl (C=O) groups is 1. The van der Waals surface area contributed by atoms with Crippen molar-refractivity contribution in [2.75, 3.05) is 6.54 Å². The molecule has 128 valence electrons. The topological polar surface area (TPSA) is 75.3 Å². The van der Waals surface area contributed by atoms with E-state index in [2.05, 4.69) is 10.0 Å². The molecule has 0 atom stereocenters. The van der Waals surface area contributed by atoms with E-state index in [0.29, 0.717) is 5.02 Å². The first-order chi connectivity index (χ1) is 11.3. The molecule has 0 heterocycles. The zero-order valence-electron chi connectivity index (χ0n) is 12.8. The molecule has 0 saturated heterocycles. The van der Waals surface area contributed by atoms with Crippen LogP contribution in [-0.2, 0) is 21.4 Å². The molecule has 0 aliphatic heterocycles. The lowest BCUT2D eigenvalue weighted by Crippen LogP contribution is -2.36. The monoisotopic (exact) mass is 370 g/mol. The Labute approximate surface area is 144 Å². The molecule has 0 fully saturated rings. The Kier molecular flexibility index (Phi) is 5.93. The van der Waals surface area contributed by atoms with Crippen LogP contribution in [0.1, 0.15) is 11.1 Å². The minimum atomic E-state index is -3.90. The molecule has 24 heavy (non-hydrogen) atoms. The second-order valence-electron chi connectivity index (χ2n) is 5.10. The average molecular weight is 371 g/mol. The first-order valence-electron chi connectivity index (χ1n) is 7.05. The molecular weight excluding hydrogens is 355 g/mol. The molecule has 0 saturated carbocycles. The third kappa shape index (κ3) is 4.77. The van der Waals surface area contributed by atoms with Crippen LogP contribution in [0.3, 0.4) is 0 Å². The maximum atomic E-state index is 13.1. The summed E-state index contributed by atoms with van der Waals surface area (Å²) in [4.78, 5) is 11.7. The second-order valence-corrected chi connectivity index (χ2v) is 7.25. The van der Waals surface area contributed by atoms with Crippen molar-refractivity contribution >= 4 is 27.5 Å². The van der Waals surface area contributed by atoms with E-state index < -0.39 is 28.3 Å². The van der Waals surface area contributed by atoms with Gasteiger partial charge < -0.3 is 5.32 Å². The van der Waals surface area contributed by atoms with Gasteiger partial charge >= 0.3 is 0 Å². The van der Waals surface area contributed by atoms with Crippen LogP contribution in [0.2, 0.25) is 5.02 Å². The van der Waals surface area contributed by atoms with E-state index in [1.807, 2.05) is 0 Å². The molecule has 2 aromatic rings. The molecule has 2 rings (SSSR count). The van der Waals surface area contributed by atoms with Crippen LogP contribution in [-0.4, -0.2) is 20.9 Å². The first kappa shape index (κ1) is 18.4. The van der Waals surface area contributed by atoms with Crippen LogP contribution in [0.4, 0.5) is 4.39 Å². The van der Waals surface area contributed by atoms with E-state index in [1.165, 1.54) is 6.92 Å². The molecule has 2 N–H and O–H groups in total. The van der Waals surface area contributed by atoms with E-state index in [9.17, 15) is 17.6 Å². The van der Waals surface area contributed by atoms with Crippen LogP contribution in [0.5, 0.6) is 0 Å². The van der Waals surface area contributed by atoms with Crippen LogP contribution < -0.4 is 10.0 Å². The molecule has 1 amide bonds. The maximum absolute atomic E-state index is 13.1.